The molecule has 2 aromatic heterocycles. The van der Waals surface area contributed by atoms with E-state index in [1.165, 1.54) is 31.5 Å². The fourth-order valence-electron chi connectivity index (χ4n) is 3.41. The maximum atomic E-state index is 14.1. The predicted molar refractivity (Wildman–Crippen MR) is 122 cm³/mol. The highest BCUT2D eigenvalue weighted by atomic mass is 35.5. The summed E-state index contributed by atoms with van der Waals surface area (Å²) in [5.74, 6) is -1.42. The van der Waals surface area contributed by atoms with Gasteiger partial charge in [-0.3, -0.25) is 4.79 Å². The minimum absolute atomic E-state index is 0.0698. The number of carboxylic acids is 1. The number of aliphatic carboxylic acids is 1. The second-order valence-electron chi connectivity index (χ2n) is 6.98. The molecule has 6 nitrogen and oxygen atoms in total. The number of hydrogen-bond donors (Lipinski definition) is 1. The third-order valence-electron chi connectivity index (χ3n) is 4.95. The van der Waals surface area contributed by atoms with Gasteiger partial charge in [0.25, 0.3) is 10.0 Å². The molecular weight excluding hydrogens is 477 g/mol. The summed E-state index contributed by atoms with van der Waals surface area (Å²) in [5.41, 5.74) is 1.50. The van der Waals surface area contributed by atoms with E-state index in [2.05, 4.69) is 0 Å². The first-order chi connectivity index (χ1) is 15.2. The first kappa shape index (κ1) is 22.3. The number of aromatic nitrogens is 1. The standard InChI is InChI=1S/C22H17ClFNO5S2/c1-30-19-6-2-13(10-17(19)24)20-7-9-22(31-20)32(28,29)25-12-14(3-8-21(26)27)16-11-15(23)4-5-18(16)25/h2,4-7,9-12H,3,8H2,1H3,(H,26,27). The van der Waals surface area contributed by atoms with Gasteiger partial charge in [-0.05, 0) is 66.1 Å². The summed E-state index contributed by atoms with van der Waals surface area (Å²) in [6.07, 6.45) is 1.46. The maximum absolute atomic E-state index is 14.1. The van der Waals surface area contributed by atoms with Crippen LogP contribution in [-0.4, -0.2) is 30.6 Å². The van der Waals surface area contributed by atoms with Crippen molar-refractivity contribution in [1.29, 1.82) is 0 Å². The highest BCUT2D eigenvalue weighted by molar-refractivity contribution is 7.92. The Kier molecular flexibility index (Phi) is 5.98. The SMILES string of the molecule is COc1ccc(-c2ccc(S(=O)(=O)n3cc(CCC(=O)O)c4cc(Cl)ccc43)s2)cc1F. The van der Waals surface area contributed by atoms with Gasteiger partial charge in [0, 0.05) is 27.9 Å². The van der Waals surface area contributed by atoms with Crippen LogP contribution in [0.4, 0.5) is 4.39 Å². The fraction of sp³-hybridized carbons (Fsp3) is 0.136. The molecule has 0 spiro atoms. The number of carbonyl (C=O) groups is 1. The van der Waals surface area contributed by atoms with Gasteiger partial charge in [0.1, 0.15) is 4.21 Å². The van der Waals surface area contributed by atoms with E-state index >= 15 is 0 Å². The van der Waals surface area contributed by atoms with Crippen LogP contribution in [0.15, 0.2) is 58.9 Å². The second kappa shape index (κ2) is 8.57. The van der Waals surface area contributed by atoms with Crippen molar-refractivity contribution in [2.45, 2.75) is 17.1 Å². The van der Waals surface area contributed by atoms with Crippen LogP contribution >= 0.6 is 22.9 Å². The number of hydrogen-bond acceptors (Lipinski definition) is 5. The normalized spacial score (nSPS) is 11.7. The lowest BCUT2D eigenvalue weighted by Gasteiger charge is -2.06. The zero-order valence-electron chi connectivity index (χ0n) is 16.7. The molecule has 0 bridgehead atoms. The molecule has 32 heavy (non-hydrogen) atoms. The van der Waals surface area contributed by atoms with Crippen molar-refractivity contribution in [3.63, 3.8) is 0 Å². The minimum Gasteiger partial charge on any atom is -0.494 e. The van der Waals surface area contributed by atoms with Gasteiger partial charge in [-0.25, -0.2) is 8.36 Å². The van der Waals surface area contributed by atoms with Crippen molar-refractivity contribution in [2.24, 2.45) is 0 Å². The molecule has 0 unspecified atom stereocenters. The molecule has 0 aliphatic heterocycles. The van der Waals surface area contributed by atoms with Crippen molar-refractivity contribution < 1.29 is 27.4 Å². The van der Waals surface area contributed by atoms with Crippen LogP contribution < -0.4 is 4.74 Å². The van der Waals surface area contributed by atoms with Crippen LogP contribution in [0, 0.1) is 5.82 Å². The third-order valence-corrected chi connectivity index (χ3v) is 8.46. The maximum Gasteiger partial charge on any atom is 0.303 e. The molecule has 1 N–H and O–H groups in total. The average Bonchev–Trinajstić information content (AvgIpc) is 3.38. The molecule has 2 aromatic carbocycles. The number of aryl methyl sites for hydroxylation is 1. The van der Waals surface area contributed by atoms with Gasteiger partial charge >= 0.3 is 5.97 Å². The van der Waals surface area contributed by atoms with Gasteiger partial charge in [0.15, 0.2) is 11.6 Å². The molecule has 0 radical (unpaired) electrons. The summed E-state index contributed by atoms with van der Waals surface area (Å²) >= 11 is 7.10. The Morgan fingerprint density at radius 3 is 2.66 bits per heavy atom. The zero-order valence-corrected chi connectivity index (χ0v) is 19.1. The predicted octanol–water partition coefficient (Wildman–Crippen LogP) is 5.43. The van der Waals surface area contributed by atoms with Crippen molar-refractivity contribution in [1.82, 2.24) is 3.97 Å². The van der Waals surface area contributed by atoms with E-state index in [-0.39, 0.29) is 22.8 Å². The molecule has 0 saturated carbocycles. The van der Waals surface area contributed by atoms with Gasteiger partial charge in [0.2, 0.25) is 0 Å². The Morgan fingerprint density at radius 1 is 1.19 bits per heavy atom. The molecule has 166 valence electrons. The van der Waals surface area contributed by atoms with Crippen LogP contribution in [0.25, 0.3) is 21.3 Å². The van der Waals surface area contributed by atoms with Crippen molar-refractivity contribution in [2.75, 3.05) is 7.11 Å². The smallest absolute Gasteiger partial charge is 0.303 e. The number of nitrogens with zero attached hydrogens (tertiary/aromatic N) is 1. The lowest BCUT2D eigenvalue weighted by molar-refractivity contribution is -0.136. The van der Waals surface area contributed by atoms with Gasteiger partial charge in [-0.1, -0.05) is 11.6 Å². The Hall–Kier alpha value is -2.88. The molecule has 0 saturated heterocycles. The molecule has 0 atom stereocenters. The van der Waals surface area contributed by atoms with E-state index in [0.29, 0.717) is 31.9 Å². The molecule has 0 amide bonds. The molecular formula is C22H17ClFNO5S2. The summed E-state index contributed by atoms with van der Waals surface area (Å²) < 4.78 is 47.1. The number of thiophene rings is 1. The van der Waals surface area contributed by atoms with E-state index in [0.717, 1.165) is 15.3 Å². The number of methoxy groups -OCH3 is 1. The first-order valence-electron chi connectivity index (χ1n) is 9.41. The van der Waals surface area contributed by atoms with E-state index in [4.69, 9.17) is 21.4 Å². The molecule has 0 aliphatic rings. The number of ether oxygens (including phenoxy) is 1. The van der Waals surface area contributed by atoms with Crippen molar-refractivity contribution in [3.05, 3.63) is 71.1 Å². The second-order valence-corrected chi connectivity index (χ2v) is 10.5. The molecule has 0 aliphatic carbocycles. The molecule has 0 fully saturated rings. The third kappa shape index (κ3) is 4.11. The molecule has 4 rings (SSSR count). The number of rotatable bonds is 7. The highest BCUT2D eigenvalue weighted by Gasteiger charge is 2.24. The van der Waals surface area contributed by atoms with Gasteiger partial charge in [-0.15, -0.1) is 11.3 Å². The van der Waals surface area contributed by atoms with Crippen LogP contribution in [0.3, 0.4) is 0 Å². The molecule has 10 heteroatoms. The lowest BCUT2D eigenvalue weighted by Crippen LogP contribution is -2.10. The number of carboxylic acid groups (broad SMARTS) is 1. The Balaban J connectivity index is 1.77. The lowest BCUT2D eigenvalue weighted by atomic mass is 10.1. The Bertz CT molecular complexity index is 1440. The summed E-state index contributed by atoms with van der Waals surface area (Å²) in [4.78, 5) is 11.6. The topological polar surface area (TPSA) is 85.6 Å². The minimum atomic E-state index is -3.98. The number of benzene rings is 2. The molecule has 4 aromatic rings. The van der Waals surface area contributed by atoms with Crippen LogP contribution in [0.1, 0.15) is 12.0 Å². The van der Waals surface area contributed by atoms with Gasteiger partial charge < -0.3 is 9.84 Å². The monoisotopic (exact) mass is 493 g/mol. The summed E-state index contributed by atoms with van der Waals surface area (Å²) in [6.45, 7) is 0. The van der Waals surface area contributed by atoms with Crippen molar-refractivity contribution >= 4 is 49.8 Å². The van der Waals surface area contributed by atoms with E-state index in [1.54, 1.807) is 30.3 Å². The van der Waals surface area contributed by atoms with Gasteiger partial charge in [0.05, 0.1) is 12.6 Å². The van der Waals surface area contributed by atoms with E-state index in [9.17, 15) is 17.6 Å². The summed E-state index contributed by atoms with van der Waals surface area (Å²) in [5, 5.41) is 10.0. The summed E-state index contributed by atoms with van der Waals surface area (Å²) in [6, 6.07) is 12.3. The van der Waals surface area contributed by atoms with E-state index in [1.807, 2.05) is 0 Å². The van der Waals surface area contributed by atoms with Crippen LogP contribution in [-0.2, 0) is 21.2 Å². The number of fused-ring (bicyclic) bond motifs is 1. The Morgan fingerprint density at radius 2 is 1.97 bits per heavy atom. The summed E-state index contributed by atoms with van der Waals surface area (Å²) in [7, 11) is -2.61. The van der Waals surface area contributed by atoms with Crippen molar-refractivity contribution in [3.8, 4) is 16.2 Å². The quantitative estimate of drug-likeness (QED) is 0.371. The highest BCUT2D eigenvalue weighted by Crippen LogP contribution is 2.36. The zero-order chi connectivity index (χ0) is 23.0. The van der Waals surface area contributed by atoms with Gasteiger partial charge in [-0.2, -0.15) is 8.42 Å². The Labute approximate surface area is 192 Å². The van der Waals surface area contributed by atoms with Crippen LogP contribution in [0.5, 0.6) is 5.75 Å². The van der Waals surface area contributed by atoms with Crippen LogP contribution in [0.2, 0.25) is 5.02 Å². The largest absolute Gasteiger partial charge is 0.494 e. The first-order valence-corrected chi connectivity index (χ1v) is 12.0. The fourth-order valence-corrected chi connectivity index (χ4v) is 6.36. The molecule has 2 heterocycles. The average molecular weight is 494 g/mol. The van der Waals surface area contributed by atoms with E-state index < -0.39 is 21.8 Å². The number of halogens is 2.